The van der Waals surface area contributed by atoms with Crippen LogP contribution in [-0.4, -0.2) is 28.4 Å². The monoisotopic (exact) mass is 402 g/mol. The molecule has 0 spiro atoms. The maximum Gasteiger partial charge on any atom is 0.287 e. The van der Waals surface area contributed by atoms with Crippen LogP contribution in [0.15, 0.2) is 59.8 Å². The maximum atomic E-state index is 12.7. The molecule has 0 atom stereocenters. The summed E-state index contributed by atoms with van der Waals surface area (Å²) in [7, 11) is 3.50. The van der Waals surface area contributed by atoms with Crippen LogP contribution in [0.5, 0.6) is 5.75 Å². The highest BCUT2D eigenvalue weighted by Gasteiger charge is 2.13. The number of hydrogen-bond donors (Lipinski definition) is 1. The second-order valence-electron chi connectivity index (χ2n) is 7.36. The number of fused-ring (bicyclic) bond motifs is 2. The fourth-order valence-corrected chi connectivity index (χ4v) is 3.78. The Morgan fingerprint density at radius 3 is 2.80 bits per heavy atom. The van der Waals surface area contributed by atoms with E-state index in [2.05, 4.69) is 40.3 Å². The van der Waals surface area contributed by atoms with Crippen molar-refractivity contribution >= 4 is 33.9 Å². The van der Waals surface area contributed by atoms with Crippen molar-refractivity contribution in [2.75, 3.05) is 7.11 Å². The number of rotatable bonds is 7. The van der Waals surface area contributed by atoms with Crippen molar-refractivity contribution in [3.8, 4) is 5.75 Å². The Kier molecular flexibility index (Phi) is 5.57. The highest BCUT2D eigenvalue weighted by molar-refractivity contribution is 6.01. The van der Waals surface area contributed by atoms with Gasteiger partial charge in [-0.2, -0.15) is 5.10 Å². The lowest BCUT2D eigenvalue weighted by Crippen LogP contribution is -2.20. The Morgan fingerprint density at radius 2 is 2.00 bits per heavy atom. The normalized spacial score (nSPS) is 11.6. The van der Waals surface area contributed by atoms with Gasteiger partial charge in [-0.3, -0.25) is 4.79 Å². The average molecular weight is 402 g/mol. The summed E-state index contributed by atoms with van der Waals surface area (Å²) in [6.45, 7) is 3.16. The van der Waals surface area contributed by atoms with E-state index >= 15 is 0 Å². The number of aryl methyl sites for hydroxylation is 2. The van der Waals surface area contributed by atoms with Crippen LogP contribution in [0.3, 0.4) is 0 Å². The summed E-state index contributed by atoms with van der Waals surface area (Å²) in [6, 6.07) is 15.9. The molecule has 0 radical (unpaired) electrons. The largest absolute Gasteiger partial charge is 0.497 e. The van der Waals surface area contributed by atoms with Gasteiger partial charge in [0.2, 0.25) is 0 Å². The Balaban J connectivity index is 1.56. The van der Waals surface area contributed by atoms with Crippen molar-refractivity contribution in [1.82, 2.24) is 14.6 Å². The summed E-state index contributed by atoms with van der Waals surface area (Å²) < 4.78 is 9.38. The smallest absolute Gasteiger partial charge is 0.287 e. The number of hydrazone groups is 1. The van der Waals surface area contributed by atoms with Crippen LogP contribution in [0.4, 0.5) is 0 Å². The van der Waals surface area contributed by atoms with E-state index < -0.39 is 0 Å². The fourth-order valence-electron chi connectivity index (χ4n) is 3.78. The van der Waals surface area contributed by atoms with Crippen molar-refractivity contribution in [2.45, 2.75) is 26.3 Å². The summed E-state index contributed by atoms with van der Waals surface area (Å²) in [6.07, 6.45) is 6.08. The van der Waals surface area contributed by atoms with Gasteiger partial charge < -0.3 is 13.9 Å². The molecular weight excluding hydrogens is 376 g/mol. The zero-order valence-electron chi connectivity index (χ0n) is 17.6. The van der Waals surface area contributed by atoms with Gasteiger partial charge in [-0.15, -0.1) is 0 Å². The number of nitrogens with zero attached hydrogens (tertiary/aromatic N) is 3. The van der Waals surface area contributed by atoms with Crippen LogP contribution in [-0.2, 0) is 13.6 Å². The molecule has 2 aromatic carbocycles. The van der Waals surface area contributed by atoms with Crippen LogP contribution in [0, 0.1) is 0 Å². The number of hydrogen-bond acceptors (Lipinski definition) is 3. The zero-order chi connectivity index (χ0) is 21.1. The van der Waals surface area contributed by atoms with E-state index in [0.717, 1.165) is 47.0 Å². The highest BCUT2D eigenvalue weighted by atomic mass is 16.5. The van der Waals surface area contributed by atoms with E-state index in [-0.39, 0.29) is 5.91 Å². The summed E-state index contributed by atoms with van der Waals surface area (Å²) >= 11 is 0. The molecule has 1 N–H and O–H groups in total. The molecule has 0 aliphatic rings. The quantitative estimate of drug-likeness (QED) is 0.360. The van der Waals surface area contributed by atoms with Gasteiger partial charge in [0, 0.05) is 47.2 Å². The first-order valence-corrected chi connectivity index (χ1v) is 10.2. The predicted octanol–water partition coefficient (Wildman–Crippen LogP) is 4.71. The average Bonchev–Trinajstić information content (AvgIpc) is 3.29. The lowest BCUT2D eigenvalue weighted by Gasteiger charge is -2.03. The molecule has 0 aliphatic heterocycles. The molecule has 0 aliphatic carbocycles. The van der Waals surface area contributed by atoms with Crippen molar-refractivity contribution in [2.24, 2.45) is 12.1 Å². The van der Waals surface area contributed by atoms with E-state index in [4.69, 9.17) is 4.74 Å². The van der Waals surface area contributed by atoms with Crippen molar-refractivity contribution in [3.05, 3.63) is 66.0 Å². The number of benzene rings is 2. The van der Waals surface area contributed by atoms with Crippen LogP contribution < -0.4 is 10.2 Å². The summed E-state index contributed by atoms with van der Waals surface area (Å²) in [5, 5.41) is 6.31. The molecule has 0 bridgehead atoms. The molecule has 0 saturated heterocycles. The Morgan fingerprint density at radius 1 is 1.17 bits per heavy atom. The van der Waals surface area contributed by atoms with Gasteiger partial charge in [0.15, 0.2) is 0 Å². The summed E-state index contributed by atoms with van der Waals surface area (Å²) in [4.78, 5) is 12.7. The lowest BCUT2D eigenvalue weighted by atomic mass is 10.2. The number of carbonyl (C=O) groups is 1. The third kappa shape index (κ3) is 3.68. The molecular formula is C24H26N4O2. The number of nitrogens with one attached hydrogen (secondary N) is 1. The zero-order valence-corrected chi connectivity index (χ0v) is 17.6. The van der Waals surface area contributed by atoms with Gasteiger partial charge >= 0.3 is 0 Å². The van der Waals surface area contributed by atoms with Crippen LogP contribution in [0.25, 0.3) is 21.8 Å². The van der Waals surface area contributed by atoms with Gasteiger partial charge in [-0.25, -0.2) is 5.43 Å². The van der Waals surface area contributed by atoms with Crippen LogP contribution >= 0.6 is 0 Å². The number of carbonyl (C=O) groups excluding carboxylic acids is 1. The van der Waals surface area contributed by atoms with Gasteiger partial charge in [0.1, 0.15) is 11.4 Å². The first kappa shape index (κ1) is 19.8. The SMILES string of the molecule is CCCCn1cc(/C=N/NC(=O)c2cc3cc(OC)ccc3n2C)c2ccccc21. The maximum absolute atomic E-state index is 12.7. The van der Waals surface area contributed by atoms with Gasteiger partial charge in [0.05, 0.1) is 13.3 Å². The molecule has 0 fully saturated rings. The third-order valence-electron chi connectivity index (χ3n) is 5.42. The predicted molar refractivity (Wildman–Crippen MR) is 121 cm³/mol. The van der Waals surface area contributed by atoms with E-state index in [1.807, 2.05) is 48.0 Å². The molecule has 0 saturated carbocycles. The summed E-state index contributed by atoms with van der Waals surface area (Å²) in [5.41, 5.74) is 6.34. The Bertz CT molecular complexity index is 1230. The minimum atomic E-state index is -0.251. The second kappa shape index (κ2) is 8.45. The standard InChI is InChI=1S/C24H26N4O2/c1-4-5-12-28-16-18(20-8-6-7-9-22(20)28)15-25-26-24(29)23-14-17-13-19(30-3)10-11-21(17)27(23)2/h6-11,13-16H,4-5,12H2,1-3H3,(H,26,29)/b25-15+. The van der Waals surface area contributed by atoms with Gasteiger partial charge in [0.25, 0.3) is 5.91 Å². The molecule has 154 valence electrons. The molecule has 4 aromatic rings. The number of ether oxygens (including phenoxy) is 1. The van der Waals surface area contributed by atoms with Crippen molar-refractivity contribution in [3.63, 3.8) is 0 Å². The number of amides is 1. The van der Waals surface area contributed by atoms with E-state index in [1.54, 1.807) is 13.3 Å². The fraction of sp³-hybridized carbons (Fsp3) is 0.250. The highest BCUT2D eigenvalue weighted by Crippen LogP contribution is 2.24. The summed E-state index contributed by atoms with van der Waals surface area (Å²) in [5.74, 6) is 0.510. The topological polar surface area (TPSA) is 60.6 Å². The van der Waals surface area contributed by atoms with E-state index in [9.17, 15) is 4.79 Å². The Labute approximate surface area is 175 Å². The first-order valence-electron chi connectivity index (χ1n) is 10.2. The van der Waals surface area contributed by atoms with Gasteiger partial charge in [-0.1, -0.05) is 31.5 Å². The first-order chi connectivity index (χ1) is 14.6. The number of methoxy groups -OCH3 is 1. The van der Waals surface area contributed by atoms with Crippen molar-refractivity contribution in [1.29, 1.82) is 0 Å². The molecule has 1 amide bonds. The molecule has 2 aromatic heterocycles. The Hall–Kier alpha value is -3.54. The molecule has 30 heavy (non-hydrogen) atoms. The molecule has 2 heterocycles. The number of unbranched alkanes of at least 4 members (excludes halogenated alkanes) is 1. The second-order valence-corrected chi connectivity index (χ2v) is 7.36. The van der Waals surface area contributed by atoms with Gasteiger partial charge in [-0.05, 0) is 36.8 Å². The number of para-hydroxylation sites is 1. The molecule has 6 nitrogen and oxygen atoms in total. The lowest BCUT2D eigenvalue weighted by molar-refractivity contribution is 0.0947. The minimum absolute atomic E-state index is 0.251. The van der Waals surface area contributed by atoms with E-state index in [0.29, 0.717) is 5.69 Å². The third-order valence-corrected chi connectivity index (χ3v) is 5.42. The van der Waals surface area contributed by atoms with Crippen molar-refractivity contribution < 1.29 is 9.53 Å². The minimum Gasteiger partial charge on any atom is -0.497 e. The van der Waals surface area contributed by atoms with Crippen LogP contribution in [0.2, 0.25) is 0 Å². The van der Waals surface area contributed by atoms with Crippen LogP contribution in [0.1, 0.15) is 35.8 Å². The van der Waals surface area contributed by atoms with E-state index in [1.165, 1.54) is 5.52 Å². The number of aromatic nitrogens is 2. The molecule has 0 unspecified atom stereocenters. The molecule has 6 heteroatoms. The molecule has 4 rings (SSSR count).